The Morgan fingerprint density at radius 3 is 2.49 bits per heavy atom. The van der Waals surface area contributed by atoms with Crippen molar-refractivity contribution in [3.8, 4) is 5.75 Å². The van der Waals surface area contributed by atoms with E-state index in [1.807, 2.05) is 60.7 Å². The summed E-state index contributed by atoms with van der Waals surface area (Å²) in [5.41, 5.74) is 3.54. The smallest absolute Gasteiger partial charge is 0.188 e. The summed E-state index contributed by atoms with van der Waals surface area (Å²) in [5.74, 6) is 1.57. The van der Waals surface area contributed by atoms with Crippen LogP contribution in [0.5, 0.6) is 5.75 Å². The minimum absolute atomic E-state index is 0.233. The van der Waals surface area contributed by atoms with Crippen molar-refractivity contribution in [2.24, 2.45) is 5.16 Å². The van der Waals surface area contributed by atoms with Crippen LogP contribution < -0.4 is 4.74 Å². The molecule has 41 heavy (non-hydrogen) atoms. The van der Waals surface area contributed by atoms with Crippen LogP contribution in [0.15, 0.2) is 108 Å². The molecule has 0 spiro atoms. The van der Waals surface area contributed by atoms with Crippen LogP contribution >= 0.6 is 34.8 Å². The van der Waals surface area contributed by atoms with E-state index in [2.05, 4.69) is 15.1 Å². The highest BCUT2D eigenvalue weighted by atomic mass is 35.5. The summed E-state index contributed by atoms with van der Waals surface area (Å²) >= 11 is 18.8. The fourth-order valence-corrected chi connectivity index (χ4v) is 4.96. The lowest BCUT2D eigenvalue weighted by atomic mass is 9.97. The van der Waals surface area contributed by atoms with Crippen molar-refractivity contribution in [2.75, 3.05) is 0 Å². The average molecular weight is 602 g/mol. The van der Waals surface area contributed by atoms with Crippen molar-refractivity contribution in [1.29, 1.82) is 0 Å². The van der Waals surface area contributed by atoms with Crippen LogP contribution in [0, 0.1) is 0 Å². The minimum Gasteiger partial charge on any atom is -0.489 e. The molecule has 0 radical (unpaired) electrons. The van der Waals surface area contributed by atoms with E-state index in [1.54, 1.807) is 36.5 Å². The Hall–Kier alpha value is -4.43. The molecule has 1 aliphatic rings. The quantitative estimate of drug-likeness (QED) is 0.120. The van der Waals surface area contributed by atoms with Gasteiger partial charge in [-0.3, -0.25) is 4.98 Å². The molecular formula is C31H19Cl3N4O3. The zero-order valence-electron chi connectivity index (χ0n) is 21.1. The summed E-state index contributed by atoms with van der Waals surface area (Å²) in [4.78, 5) is 13.6. The van der Waals surface area contributed by atoms with Gasteiger partial charge in [0.25, 0.3) is 0 Å². The number of para-hydroxylation sites is 1. The molecule has 3 aromatic carbocycles. The number of halogens is 3. The second kappa shape index (κ2) is 11.6. The van der Waals surface area contributed by atoms with Gasteiger partial charge in [0.05, 0.1) is 16.8 Å². The maximum absolute atomic E-state index is 9.94. The summed E-state index contributed by atoms with van der Waals surface area (Å²) in [5, 5.41) is 15.5. The molecule has 7 nitrogen and oxygen atoms in total. The molecule has 202 valence electrons. The van der Waals surface area contributed by atoms with Gasteiger partial charge in [-0.25, -0.2) is 9.97 Å². The Morgan fingerprint density at radius 2 is 1.73 bits per heavy atom. The number of rotatable bonds is 6. The van der Waals surface area contributed by atoms with E-state index in [9.17, 15) is 5.21 Å². The lowest BCUT2D eigenvalue weighted by Gasteiger charge is -2.26. The third-order valence-electron chi connectivity index (χ3n) is 6.29. The Bertz CT molecular complexity index is 1860. The van der Waals surface area contributed by atoms with Gasteiger partial charge in [0.1, 0.15) is 17.5 Å². The Kier molecular flexibility index (Phi) is 7.57. The largest absolute Gasteiger partial charge is 0.489 e. The summed E-state index contributed by atoms with van der Waals surface area (Å²) in [6, 6.07) is 25.5. The van der Waals surface area contributed by atoms with E-state index in [-0.39, 0.29) is 17.5 Å². The van der Waals surface area contributed by atoms with Gasteiger partial charge in [0.15, 0.2) is 23.1 Å². The highest BCUT2D eigenvalue weighted by Crippen LogP contribution is 2.38. The van der Waals surface area contributed by atoms with Crippen LogP contribution in [0.2, 0.25) is 15.2 Å². The molecule has 6 rings (SSSR count). The number of benzene rings is 3. The van der Waals surface area contributed by atoms with Gasteiger partial charge >= 0.3 is 0 Å². The Morgan fingerprint density at radius 1 is 0.927 bits per heavy atom. The van der Waals surface area contributed by atoms with Crippen LogP contribution in [-0.4, -0.2) is 25.9 Å². The third-order valence-corrected chi connectivity index (χ3v) is 7.16. The summed E-state index contributed by atoms with van der Waals surface area (Å²) < 4.78 is 12.0. The monoisotopic (exact) mass is 600 g/mol. The SMILES string of the molecule is O/N=C1C(=C\c2ccccn2)\OC\1=C(\c1ccc(OCc2ccc(Cl)cc2Cl)cc1)c1nc(Cl)c2ccccc2n1. The highest BCUT2D eigenvalue weighted by Gasteiger charge is 2.35. The molecule has 10 heteroatoms. The van der Waals surface area contributed by atoms with Crippen molar-refractivity contribution in [3.05, 3.63) is 140 Å². The number of nitrogens with zero attached hydrogens (tertiary/aromatic N) is 4. The first-order chi connectivity index (χ1) is 20.0. The van der Waals surface area contributed by atoms with Gasteiger partial charge in [-0.05, 0) is 54.1 Å². The van der Waals surface area contributed by atoms with Gasteiger partial charge in [-0.1, -0.05) is 76.4 Å². The molecule has 0 atom stereocenters. The van der Waals surface area contributed by atoms with E-state index in [0.717, 1.165) is 5.56 Å². The molecule has 1 saturated heterocycles. The molecule has 3 heterocycles. The fourth-order valence-electron chi connectivity index (χ4n) is 4.26. The number of pyridine rings is 1. The standard InChI is InChI=1S/C31H19Cl3N4O3/c32-20-11-8-19(24(33)15-20)17-40-22-12-9-18(10-13-22)27(31-36-25-7-2-1-6-23(25)30(34)37-31)29-28(38-39)26(41-29)16-21-5-3-4-14-35-21/h1-16,39H,17H2/b26-16-,29-27-,38-28+. The van der Waals surface area contributed by atoms with Crippen LogP contribution in [0.3, 0.4) is 0 Å². The average Bonchev–Trinajstić information content (AvgIpc) is 2.97. The molecule has 0 saturated carbocycles. The van der Waals surface area contributed by atoms with Crippen LogP contribution in [0.1, 0.15) is 22.6 Å². The van der Waals surface area contributed by atoms with Crippen molar-refractivity contribution in [3.63, 3.8) is 0 Å². The van der Waals surface area contributed by atoms with Crippen LogP contribution in [-0.2, 0) is 11.3 Å². The molecule has 0 aliphatic carbocycles. The van der Waals surface area contributed by atoms with Crippen molar-refractivity contribution < 1.29 is 14.7 Å². The topological polar surface area (TPSA) is 89.7 Å². The molecule has 5 aromatic rings. The second-order valence-electron chi connectivity index (χ2n) is 8.92. The van der Waals surface area contributed by atoms with E-state index >= 15 is 0 Å². The van der Waals surface area contributed by atoms with E-state index < -0.39 is 0 Å². The Labute approximate surface area is 250 Å². The van der Waals surface area contributed by atoms with Gasteiger partial charge in [0.2, 0.25) is 0 Å². The number of hydrogen-bond acceptors (Lipinski definition) is 7. The van der Waals surface area contributed by atoms with Crippen LogP contribution in [0.4, 0.5) is 0 Å². The highest BCUT2D eigenvalue weighted by molar-refractivity contribution is 6.35. The molecule has 1 N–H and O–H groups in total. The first-order valence-electron chi connectivity index (χ1n) is 12.4. The number of aromatic nitrogens is 3. The van der Waals surface area contributed by atoms with E-state index in [1.165, 1.54) is 0 Å². The van der Waals surface area contributed by atoms with Crippen molar-refractivity contribution in [2.45, 2.75) is 6.61 Å². The van der Waals surface area contributed by atoms with Crippen LogP contribution in [0.25, 0.3) is 22.6 Å². The normalized spacial score (nSPS) is 16.0. The lowest BCUT2D eigenvalue weighted by molar-refractivity contribution is 0.276. The molecule has 2 aromatic heterocycles. The van der Waals surface area contributed by atoms with Crippen molar-refractivity contribution >= 4 is 63.1 Å². The van der Waals surface area contributed by atoms with Gasteiger partial charge in [0, 0.05) is 33.3 Å². The number of oxime groups is 1. The van der Waals surface area contributed by atoms with Crippen molar-refractivity contribution in [1.82, 2.24) is 15.0 Å². The minimum atomic E-state index is 0.233. The maximum atomic E-state index is 9.94. The first kappa shape index (κ1) is 26.8. The molecule has 1 fully saturated rings. The molecule has 0 amide bonds. The van der Waals surface area contributed by atoms with Gasteiger partial charge in [-0.2, -0.15) is 0 Å². The predicted molar refractivity (Wildman–Crippen MR) is 160 cm³/mol. The summed E-state index contributed by atoms with van der Waals surface area (Å²) in [6.07, 6.45) is 3.35. The van der Waals surface area contributed by atoms with E-state index in [4.69, 9.17) is 49.3 Å². The first-order valence-corrected chi connectivity index (χ1v) is 13.5. The van der Waals surface area contributed by atoms with Gasteiger partial charge < -0.3 is 14.7 Å². The summed E-state index contributed by atoms with van der Waals surface area (Å²) in [7, 11) is 0. The number of fused-ring (bicyclic) bond motifs is 1. The lowest BCUT2D eigenvalue weighted by Crippen LogP contribution is -2.25. The number of hydrogen-bond donors (Lipinski definition) is 1. The zero-order chi connectivity index (χ0) is 28.3. The third kappa shape index (κ3) is 5.60. The van der Waals surface area contributed by atoms with Gasteiger partial charge in [-0.15, -0.1) is 0 Å². The molecule has 1 aliphatic heterocycles. The molecule has 0 bridgehead atoms. The molecule has 0 unspecified atom stereocenters. The Balaban J connectivity index is 1.38. The predicted octanol–water partition coefficient (Wildman–Crippen LogP) is 8.22. The zero-order valence-corrected chi connectivity index (χ0v) is 23.4. The number of ether oxygens (including phenoxy) is 2. The maximum Gasteiger partial charge on any atom is 0.188 e. The second-order valence-corrected chi connectivity index (χ2v) is 10.1. The fraction of sp³-hybridized carbons (Fsp3) is 0.0323. The van der Waals surface area contributed by atoms with E-state index in [0.29, 0.717) is 60.9 Å². The summed E-state index contributed by atoms with van der Waals surface area (Å²) in [6.45, 7) is 0.263. The molecular weight excluding hydrogens is 583 g/mol.